The lowest BCUT2D eigenvalue weighted by atomic mass is 10.0. The van der Waals surface area contributed by atoms with Gasteiger partial charge in [0.15, 0.2) is 0 Å². The first-order valence-corrected chi connectivity index (χ1v) is 7.55. The third-order valence-electron chi connectivity index (χ3n) is 3.87. The molecule has 1 heterocycles. The van der Waals surface area contributed by atoms with E-state index in [1.165, 1.54) is 41.3 Å². The number of aryl methyl sites for hydroxylation is 2. The summed E-state index contributed by atoms with van der Waals surface area (Å²) in [5, 5.41) is 4.87. The van der Waals surface area contributed by atoms with Gasteiger partial charge >= 0.3 is 0 Å². The molecule has 1 N–H and O–H groups in total. The van der Waals surface area contributed by atoms with Crippen molar-refractivity contribution in [3.05, 3.63) is 15.6 Å². The molecular weight excluding hydrogens is 228 g/mol. The molecule has 0 aliphatic heterocycles. The molecule has 17 heavy (non-hydrogen) atoms. The van der Waals surface area contributed by atoms with Crippen LogP contribution in [0.1, 0.15) is 61.2 Å². The van der Waals surface area contributed by atoms with Gasteiger partial charge < -0.3 is 5.32 Å². The van der Waals surface area contributed by atoms with Crippen LogP contribution in [0.4, 0.5) is 0 Å². The van der Waals surface area contributed by atoms with Crippen LogP contribution in [0.15, 0.2) is 0 Å². The molecule has 1 saturated carbocycles. The first-order chi connectivity index (χ1) is 8.06. The fourth-order valence-corrected chi connectivity index (χ4v) is 3.55. The molecule has 0 saturated heterocycles. The molecular formula is C14H24N2S. The molecule has 0 radical (unpaired) electrons. The largest absolute Gasteiger partial charge is 0.308 e. The molecule has 2 nitrogen and oxygen atoms in total. The number of hydrogen-bond donors (Lipinski definition) is 1. The Balaban J connectivity index is 1.89. The summed E-state index contributed by atoms with van der Waals surface area (Å²) in [5.41, 5.74) is 1.88. The van der Waals surface area contributed by atoms with E-state index in [9.17, 15) is 0 Å². The van der Waals surface area contributed by atoms with Gasteiger partial charge in [0.25, 0.3) is 0 Å². The highest BCUT2D eigenvalue weighted by molar-refractivity contribution is 7.11. The Morgan fingerprint density at radius 3 is 2.59 bits per heavy atom. The Morgan fingerprint density at radius 2 is 2.12 bits per heavy atom. The molecule has 3 heteroatoms. The second-order valence-corrected chi connectivity index (χ2v) is 6.93. The number of nitrogens with one attached hydrogen (secondary N) is 1. The number of thiazole rings is 1. The molecule has 1 unspecified atom stereocenters. The summed E-state index contributed by atoms with van der Waals surface area (Å²) in [5.74, 6) is 0. The van der Waals surface area contributed by atoms with Crippen LogP contribution in [0.5, 0.6) is 0 Å². The van der Waals surface area contributed by atoms with Gasteiger partial charge in [-0.15, -0.1) is 11.3 Å². The van der Waals surface area contributed by atoms with Crippen molar-refractivity contribution in [2.75, 3.05) is 6.54 Å². The third kappa shape index (κ3) is 3.08. The lowest BCUT2D eigenvalue weighted by Gasteiger charge is -2.19. The summed E-state index contributed by atoms with van der Waals surface area (Å²) in [4.78, 5) is 6.00. The van der Waals surface area contributed by atoms with Crippen molar-refractivity contribution in [2.45, 2.75) is 59.4 Å². The van der Waals surface area contributed by atoms with E-state index in [2.05, 4.69) is 38.0 Å². The minimum atomic E-state index is 0.397. The first-order valence-electron chi connectivity index (χ1n) is 6.74. The molecule has 0 spiro atoms. The van der Waals surface area contributed by atoms with Crippen LogP contribution in [0.3, 0.4) is 0 Å². The lowest BCUT2D eigenvalue weighted by molar-refractivity contribution is 0.395. The van der Waals surface area contributed by atoms with Crippen molar-refractivity contribution in [1.82, 2.24) is 10.3 Å². The highest BCUT2D eigenvalue weighted by Crippen LogP contribution is 2.49. The highest BCUT2D eigenvalue weighted by Gasteiger charge is 2.41. The minimum Gasteiger partial charge on any atom is -0.308 e. The van der Waals surface area contributed by atoms with E-state index in [1.807, 2.05) is 0 Å². The van der Waals surface area contributed by atoms with Gasteiger partial charge in [-0.05, 0) is 45.4 Å². The first kappa shape index (κ1) is 13.0. The van der Waals surface area contributed by atoms with Gasteiger partial charge in [-0.3, -0.25) is 0 Å². The maximum atomic E-state index is 4.63. The summed E-state index contributed by atoms with van der Waals surface area (Å²) in [7, 11) is 0. The molecule has 2 rings (SSSR count). The summed E-state index contributed by atoms with van der Waals surface area (Å²) >= 11 is 1.81. The minimum absolute atomic E-state index is 0.397. The molecule has 1 atom stereocenters. The SMILES string of the molecule is CCCC1(CNC(C)c2nc(C)sc2C)CC1. The quantitative estimate of drug-likeness (QED) is 0.828. The fourth-order valence-electron chi connectivity index (χ4n) is 2.64. The van der Waals surface area contributed by atoms with Crippen molar-refractivity contribution in [2.24, 2.45) is 5.41 Å². The Labute approximate surface area is 109 Å². The van der Waals surface area contributed by atoms with Gasteiger partial charge in [-0.25, -0.2) is 4.98 Å². The molecule has 96 valence electrons. The van der Waals surface area contributed by atoms with E-state index in [4.69, 9.17) is 0 Å². The van der Waals surface area contributed by atoms with Crippen LogP contribution in [0.2, 0.25) is 0 Å². The van der Waals surface area contributed by atoms with Gasteiger partial charge in [-0.2, -0.15) is 0 Å². The average molecular weight is 252 g/mol. The standard InChI is InChI=1S/C14H24N2S/c1-5-6-14(7-8-14)9-15-10(2)13-11(3)17-12(4)16-13/h10,15H,5-9H2,1-4H3. The Kier molecular flexibility index (Phi) is 3.88. The van der Waals surface area contributed by atoms with Crippen molar-refractivity contribution in [3.63, 3.8) is 0 Å². The van der Waals surface area contributed by atoms with Crippen LogP contribution in [0, 0.1) is 19.3 Å². The number of aromatic nitrogens is 1. The van der Waals surface area contributed by atoms with Crippen molar-refractivity contribution in [3.8, 4) is 0 Å². The molecule has 1 fully saturated rings. The molecule has 0 bridgehead atoms. The second-order valence-electron chi connectivity index (χ2n) is 5.53. The van der Waals surface area contributed by atoms with Crippen LogP contribution in [-0.2, 0) is 0 Å². The normalized spacial score (nSPS) is 19.3. The highest BCUT2D eigenvalue weighted by atomic mass is 32.1. The number of nitrogens with zero attached hydrogens (tertiary/aromatic N) is 1. The molecule has 1 aromatic heterocycles. The zero-order valence-corrected chi connectivity index (χ0v) is 12.3. The fraction of sp³-hybridized carbons (Fsp3) is 0.786. The van der Waals surface area contributed by atoms with Crippen LogP contribution >= 0.6 is 11.3 Å². The zero-order valence-electron chi connectivity index (χ0n) is 11.5. The molecule has 0 amide bonds. The Morgan fingerprint density at radius 1 is 1.41 bits per heavy atom. The van der Waals surface area contributed by atoms with E-state index in [1.54, 1.807) is 11.3 Å². The predicted molar refractivity (Wildman–Crippen MR) is 74.6 cm³/mol. The van der Waals surface area contributed by atoms with E-state index in [0.717, 1.165) is 6.54 Å². The Hall–Kier alpha value is -0.410. The number of rotatable bonds is 6. The average Bonchev–Trinajstić information content (AvgIpc) is 2.95. The molecule has 1 aromatic rings. The van der Waals surface area contributed by atoms with Crippen LogP contribution in [0.25, 0.3) is 0 Å². The van der Waals surface area contributed by atoms with Crippen molar-refractivity contribution in [1.29, 1.82) is 0 Å². The summed E-state index contributed by atoms with van der Waals surface area (Å²) in [6.45, 7) is 9.96. The monoisotopic (exact) mass is 252 g/mol. The van der Waals surface area contributed by atoms with Gasteiger partial charge in [0, 0.05) is 17.5 Å². The maximum Gasteiger partial charge on any atom is 0.0900 e. The topological polar surface area (TPSA) is 24.9 Å². The lowest BCUT2D eigenvalue weighted by Crippen LogP contribution is -2.27. The third-order valence-corrected chi connectivity index (χ3v) is 4.77. The molecule has 0 aromatic carbocycles. The smallest absolute Gasteiger partial charge is 0.0900 e. The van der Waals surface area contributed by atoms with E-state index < -0.39 is 0 Å². The predicted octanol–water partition coefficient (Wildman–Crippen LogP) is 3.99. The van der Waals surface area contributed by atoms with E-state index in [-0.39, 0.29) is 0 Å². The second kappa shape index (κ2) is 5.07. The van der Waals surface area contributed by atoms with Crippen LogP contribution in [-0.4, -0.2) is 11.5 Å². The summed E-state index contributed by atoms with van der Waals surface area (Å²) in [6, 6.07) is 0.397. The van der Waals surface area contributed by atoms with Crippen LogP contribution < -0.4 is 5.32 Å². The van der Waals surface area contributed by atoms with Crippen molar-refractivity contribution < 1.29 is 0 Å². The summed E-state index contributed by atoms with van der Waals surface area (Å²) < 4.78 is 0. The number of hydrogen-bond acceptors (Lipinski definition) is 3. The zero-order chi connectivity index (χ0) is 12.5. The Bertz CT molecular complexity index is 380. The van der Waals surface area contributed by atoms with E-state index >= 15 is 0 Å². The van der Waals surface area contributed by atoms with Gasteiger partial charge in [0.1, 0.15) is 0 Å². The van der Waals surface area contributed by atoms with Gasteiger partial charge in [-0.1, -0.05) is 13.3 Å². The van der Waals surface area contributed by atoms with Gasteiger partial charge in [0.2, 0.25) is 0 Å². The van der Waals surface area contributed by atoms with Gasteiger partial charge in [0.05, 0.1) is 10.7 Å². The van der Waals surface area contributed by atoms with E-state index in [0.29, 0.717) is 11.5 Å². The molecule has 1 aliphatic rings. The van der Waals surface area contributed by atoms with Crippen molar-refractivity contribution >= 4 is 11.3 Å². The summed E-state index contributed by atoms with van der Waals surface area (Å²) in [6.07, 6.45) is 5.51. The molecule has 1 aliphatic carbocycles. The maximum absolute atomic E-state index is 4.63.